The Morgan fingerprint density at radius 2 is 1.92 bits per heavy atom. The highest BCUT2D eigenvalue weighted by Crippen LogP contribution is 2.30. The lowest BCUT2D eigenvalue weighted by atomic mass is 10.0. The molecule has 0 aromatic heterocycles. The van der Waals surface area contributed by atoms with Gasteiger partial charge in [0.1, 0.15) is 10.6 Å². The van der Waals surface area contributed by atoms with E-state index in [1.165, 1.54) is 17.5 Å². The molecule has 1 saturated heterocycles. The lowest BCUT2D eigenvalue weighted by Gasteiger charge is -2.27. The molecular weight excluding hydrogens is 344 g/mol. The first-order chi connectivity index (χ1) is 11.9. The molecule has 0 atom stereocenters. The second kappa shape index (κ2) is 8.64. The molecule has 2 rings (SSSR count). The molecule has 1 amide bonds. The average molecular weight is 370 g/mol. The van der Waals surface area contributed by atoms with Crippen molar-refractivity contribution in [3.8, 4) is 5.75 Å². The molecule has 0 aliphatic carbocycles. The van der Waals surface area contributed by atoms with Crippen LogP contribution < -0.4 is 10.1 Å². The number of methoxy groups -OCH3 is 1. The zero-order valence-corrected chi connectivity index (χ0v) is 15.8. The largest absolute Gasteiger partial charge is 0.495 e. The lowest BCUT2D eigenvalue weighted by Crippen LogP contribution is -2.40. The molecule has 1 aromatic carbocycles. The molecule has 1 N–H and O–H groups in total. The number of ether oxygens (including phenoxy) is 2. The Hall–Kier alpha value is -1.64. The molecule has 0 saturated carbocycles. The number of anilines is 1. The molecule has 0 radical (unpaired) electrons. The van der Waals surface area contributed by atoms with Crippen LogP contribution in [0.5, 0.6) is 5.75 Å². The summed E-state index contributed by atoms with van der Waals surface area (Å²) in [5.74, 6) is 0.0540. The topological polar surface area (TPSA) is 84.9 Å². The Morgan fingerprint density at radius 3 is 2.48 bits per heavy atom. The molecule has 1 aliphatic rings. The van der Waals surface area contributed by atoms with Crippen molar-refractivity contribution < 1.29 is 22.7 Å². The van der Waals surface area contributed by atoms with E-state index in [1.54, 1.807) is 12.1 Å². The van der Waals surface area contributed by atoms with Gasteiger partial charge in [0.05, 0.1) is 20.3 Å². The number of hydrogen-bond donors (Lipinski definition) is 1. The number of nitrogens with one attached hydrogen (secondary N) is 1. The molecule has 25 heavy (non-hydrogen) atoms. The number of carbonyl (C=O) groups excluding carboxylic acids is 1. The van der Waals surface area contributed by atoms with Crippen LogP contribution in [0.15, 0.2) is 23.1 Å². The molecule has 0 unspecified atom stereocenters. The van der Waals surface area contributed by atoms with Gasteiger partial charge in [-0.1, -0.05) is 13.8 Å². The number of carbonyl (C=O) groups is 1. The van der Waals surface area contributed by atoms with Crippen LogP contribution in [0.3, 0.4) is 0 Å². The molecule has 140 valence electrons. The molecule has 8 heteroatoms. The number of hydrogen-bond acceptors (Lipinski definition) is 5. The van der Waals surface area contributed by atoms with Crippen LogP contribution in [-0.2, 0) is 19.6 Å². The zero-order valence-electron chi connectivity index (χ0n) is 14.9. The third kappa shape index (κ3) is 4.50. The number of benzene rings is 1. The van der Waals surface area contributed by atoms with Crippen molar-refractivity contribution in [3.63, 3.8) is 0 Å². The van der Waals surface area contributed by atoms with Gasteiger partial charge in [0.15, 0.2) is 0 Å². The maximum Gasteiger partial charge on any atom is 0.246 e. The number of amides is 1. The summed E-state index contributed by atoms with van der Waals surface area (Å²) in [4.78, 5) is 12.3. The van der Waals surface area contributed by atoms with Crippen LogP contribution in [0.25, 0.3) is 0 Å². The zero-order chi connectivity index (χ0) is 18.4. The van der Waals surface area contributed by atoms with Crippen molar-refractivity contribution in [1.82, 2.24) is 4.31 Å². The fraction of sp³-hybridized carbons (Fsp3) is 0.588. The van der Waals surface area contributed by atoms with Crippen LogP contribution in [0.1, 0.15) is 26.7 Å². The van der Waals surface area contributed by atoms with Crippen LogP contribution in [0, 0.1) is 5.92 Å². The van der Waals surface area contributed by atoms with Crippen LogP contribution in [0.4, 0.5) is 5.69 Å². The van der Waals surface area contributed by atoms with E-state index in [-0.39, 0.29) is 22.5 Å². The third-order valence-electron chi connectivity index (χ3n) is 4.38. The van der Waals surface area contributed by atoms with E-state index in [0.29, 0.717) is 32.0 Å². The summed E-state index contributed by atoms with van der Waals surface area (Å²) in [6.07, 6.45) is 1.47. The normalized spacial score (nSPS) is 16.0. The average Bonchev–Trinajstić information content (AvgIpc) is 2.63. The Labute approximate surface area is 149 Å². The van der Waals surface area contributed by atoms with Gasteiger partial charge in [-0.05, 0) is 31.0 Å². The third-order valence-corrected chi connectivity index (χ3v) is 6.30. The first-order valence-corrected chi connectivity index (χ1v) is 9.94. The van der Waals surface area contributed by atoms with Crippen LogP contribution in [-0.4, -0.2) is 52.0 Å². The molecule has 1 aromatic rings. The van der Waals surface area contributed by atoms with Gasteiger partial charge in [0.2, 0.25) is 15.9 Å². The maximum absolute atomic E-state index is 12.9. The van der Waals surface area contributed by atoms with Gasteiger partial charge in [-0.3, -0.25) is 4.79 Å². The minimum Gasteiger partial charge on any atom is -0.495 e. The smallest absolute Gasteiger partial charge is 0.246 e. The van der Waals surface area contributed by atoms with Gasteiger partial charge >= 0.3 is 0 Å². The molecule has 0 spiro atoms. The van der Waals surface area contributed by atoms with Crippen LogP contribution in [0.2, 0.25) is 0 Å². The summed E-state index contributed by atoms with van der Waals surface area (Å²) < 4.78 is 37.7. The standard InChI is InChI=1S/C17H26N2O5S/c1-4-13(5-2)17(20)18-14-6-7-15(23-3)16(12-14)25(21,22)19-8-10-24-11-9-19/h6-7,12-13H,4-5,8-11H2,1-3H3,(H,18,20). The predicted molar refractivity (Wildman–Crippen MR) is 95.3 cm³/mol. The van der Waals surface area contributed by atoms with Crippen molar-refractivity contribution in [3.05, 3.63) is 18.2 Å². The fourth-order valence-electron chi connectivity index (χ4n) is 2.79. The van der Waals surface area contributed by atoms with Crippen molar-refractivity contribution >= 4 is 21.6 Å². The monoisotopic (exact) mass is 370 g/mol. The minimum absolute atomic E-state index is 0.0549. The number of rotatable bonds is 7. The van der Waals surface area contributed by atoms with E-state index in [0.717, 1.165) is 12.8 Å². The van der Waals surface area contributed by atoms with Gasteiger partial charge in [0.25, 0.3) is 0 Å². The predicted octanol–water partition coefficient (Wildman–Crippen LogP) is 2.09. The van der Waals surface area contributed by atoms with E-state index in [1.807, 2.05) is 13.8 Å². The van der Waals surface area contributed by atoms with Gasteiger partial charge in [-0.2, -0.15) is 4.31 Å². The highest BCUT2D eigenvalue weighted by atomic mass is 32.2. The van der Waals surface area contributed by atoms with E-state index in [2.05, 4.69) is 5.32 Å². The first-order valence-electron chi connectivity index (χ1n) is 8.50. The molecule has 1 fully saturated rings. The van der Waals surface area contributed by atoms with Gasteiger partial charge in [0, 0.05) is 24.7 Å². The maximum atomic E-state index is 12.9. The Kier molecular flexibility index (Phi) is 6.80. The first kappa shape index (κ1) is 19.7. The van der Waals surface area contributed by atoms with Gasteiger partial charge in [-0.15, -0.1) is 0 Å². The summed E-state index contributed by atoms with van der Waals surface area (Å²) in [5, 5.41) is 2.81. The molecule has 1 aliphatic heterocycles. The summed E-state index contributed by atoms with van der Waals surface area (Å²) in [5.41, 5.74) is 0.449. The summed E-state index contributed by atoms with van der Waals surface area (Å²) in [7, 11) is -2.29. The summed E-state index contributed by atoms with van der Waals surface area (Å²) in [6, 6.07) is 4.68. The van der Waals surface area contributed by atoms with Gasteiger partial charge < -0.3 is 14.8 Å². The second-order valence-electron chi connectivity index (χ2n) is 5.88. The van der Waals surface area contributed by atoms with Crippen molar-refractivity contribution in [2.45, 2.75) is 31.6 Å². The number of nitrogens with zero attached hydrogens (tertiary/aromatic N) is 1. The fourth-order valence-corrected chi connectivity index (χ4v) is 4.38. The second-order valence-corrected chi connectivity index (χ2v) is 7.79. The quantitative estimate of drug-likeness (QED) is 0.794. The van der Waals surface area contributed by atoms with Gasteiger partial charge in [-0.25, -0.2) is 8.42 Å². The lowest BCUT2D eigenvalue weighted by molar-refractivity contribution is -0.120. The van der Waals surface area contributed by atoms with Crippen LogP contribution >= 0.6 is 0 Å². The Balaban J connectivity index is 2.32. The Morgan fingerprint density at radius 1 is 1.28 bits per heavy atom. The highest BCUT2D eigenvalue weighted by molar-refractivity contribution is 7.89. The van der Waals surface area contributed by atoms with E-state index >= 15 is 0 Å². The van der Waals surface area contributed by atoms with Crippen molar-refractivity contribution in [2.75, 3.05) is 38.7 Å². The Bertz CT molecular complexity index is 695. The van der Waals surface area contributed by atoms with Crippen molar-refractivity contribution in [1.29, 1.82) is 0 Å². The number of morpholine rings is 1. The molecular formula is C17H26N2O5S. The van der Waals surface area contributed by atoms with E-state index < -0.39 is 10.0 Å². The molecule has 1 heterocycles. The highest BCUT2D eigenvalue weighted by Gasteiger charge is 2.29. The summed E-state index contributed by atoms with van der Waals surface area (Å²) >= 11 is 0. The van der Waals surface area contributed by atoms with E-state index in [4.69, 9.17) is 9.47 Å². The molecule has 7 nitrogen and oxygen atoms in total. The minimum atomic E-state index is -3.72. The van der Waals surface area contributed by atoms with Crippen molar-refractivity contribution in [2.24, 2.45) is 5.92 Å². The molecule has 0 bridgehead atoms. The van der Waals surface area contributed by atoms with E-state index in [9.17, 15) is 13.2 Å². The summed E-state index contributed by atoms with van der Waals surface area (Å²) in [6.45, 7) is 5.25. The SMILES string of the molecule is CCC(CC)C(=O)Nc1ccc(OC)c(S(=O)(=O)N2CCOCC2)c1. The number of sulfonamides is 1.